The summed E-state index contributed by atoms with van der Waals surface area (Å²) in [5.41, 5.74) is 0. The third-order valence-electron chi connectivity index (χ3n) is 0. The summed E-state index contributed by atoms with van der Waals surface area (Å²) in [5.74, 6) is 0. The Kier molecular flexibility index (Phi) is 1470. The molecule has 0 bridgehead atoms. The van der Waals surface area contributed by atoms with Crippen LogP contribution < -0.4 is 0 Å². The average molecular weight is 226 g/mol. The fraction of sp³-hybridized carbons (Fsp3) is 0. The van der Waals surface area contributed by atoms with Gasteiger partial charge in [0.1, 0.15) is 0 Å². The van der Waals surface area contributed by atoms with E-state index in [9.17, 15) is 0 Å². The zero-order valence-corrected chi connectivity index (χ0v) is 5.12. The molecule has 0 saturated carbocycles. The van der Waals surface area contributed by atoms with Crippen LogP contribution in [-0.4, -0.2) is 16.4 Å². The van der Waals surface area contributed by atoms with Crippen molar-refractivity contribution < 1.29 is 56.4 Å². The molecule has 0 amide bonds. The topological polar surface area (TPSA) is 94.5 Å². The van der Waals surface area contributed by atoms with E-state index >= 15 is 0 Å². The largest absolute Gasteiger partial charge is 0.412 e. The molecule has 0 aliphatic heterocycles. The van der Waals surface area contributed by atoms with Crippen LogP contribution in [0.15, 0.2) is 0 Å². The molecule has 0 heterocycles. The smallest absolute Gasteiger partial charge is 0 e. The molecule has 0 unspecified atom stereocenters. The van der Waals surface area contributed by atoms with Crippen LogP contribution in [0, 0.1) is 47.4 Å². The summed E-state index contributed by atoms with van der Waals surface area (Å²) in [6.45, 7) is 0. The summed E-state index contributed by atoms with van der Waals surface area (Å²) in [5, 5.41) is 0. The van der Waals surface area contributed by atoms with Crippen LogP contribution in [0.3, 0.4) is 0 Å². The van der Waals surface area contributed by atoms with Crippen LogP contribution in [0.4, 0.5) is 0 Å². The van der Waals surface area contributed by atoms with Gasteiger partial charge in [0.05, 0.1) is 0 Å². The molecule has 0 spiro atoms. The Morgan fingerprint density at radius 3 is 0.600 bits per heavy atom. The van der Waals surface area contributed by atoms with Gasteiger partial charge in [-0.1, -0.05) is 0 Å². The maximum Gasteiger partial charge on any atom is 0 e. The van der Waals surface area contributed by atoms with Gasteiger partial charge in [-0.25, -0.2) is 0 Å². The maximum atomic E-state index is 0. The van der Waals surface area contributed by atoms with Crippen LogP contribution in [0.1, 0.15) is 0 Å². The monoisotopic (exact) mass is 227 g/mol. The van der Waals surface area contributed by atoms with Gasteiger partial charge in [-0.05, 0) is 0 Å². The summed E-state index contributed by atoms with van der Waals surface area (Å²) < 4.78 is 0. The molecule has 0 saturated heterocycles. The molecule has 6 N–H and O–H groups in total. The second-order valence-electron chi connectivity index (χ2n) is 0. The second-order valence-corrected chi connectivity index (χ2v) is 0. The van der Waals surface area contributed by atoms with Crippen molar-refractivity contribution in [1.82, 2.24) is 0 Å². The van der Waals surface area contributed by atoms with Crippen molar-refractivity contribution in [2.75, 3.05) is 0 Å². The normalized spacial score (nSPS) is 0. The van der Waals surface area contributed by atoms with Gasteiger partial charge in [-0.3, -0.25) is 0 Å². The van der Waals surface area contributed by atoms with Gasteiger partial charge in [0, 0.05) is 39.9 Å². The quantitative estimate of drug-likeness (QED) is 0.426. The van der Waals surface area contributed by atoms with Gasteiger partial charge in [0.25, 0.3) is 0 Å². The Bertz CT molecular complexity index is 6.85. The molecule has 0 aromatic heterocycles. The molecular weight excluding hydrogens is 217 g/mol. The Balaban J connectivity index is 0. The van der Waals surface area contributed by atoms with E-state index in [4.69, 9.17) is 0 Å². The third kappa shape index (κ3) is 36.8. The van der Waals surface area contributed by atoms with Crippen LogP contribution in [-0.2, 0) is 0 Å². The first kappa shape index (κ1) is 116. The zero-order chi connectivity index (χ0) is 0. The summed E-state index contributed by atoms with van der Waals surface area (Å²) in [6.07, 6.45) is 0. The van der Waals surface area contributed by atoms with E-state index in [1.54, 1.807) is 0 Å². The molecule has 0 aromatic carbocycles. The Morgan fingerprint density at radius 2 is 0.600 bits per heavy atom. The molecular formula is CH9GdO3-. The van der Waals surface area contributed by atoms with Crippen molar-refractivity contribution in [3.63, 3.8) is 0 Å². The predicted octanol–water partition coefficient (Wildman–Crippen LogP) is -2.02. The number of hydrogen-bond donors (Lipinski definition) is 0. The first-order valence-corrected chi connectivity index (χ1v) is 0. The van der Waals surface area contributed by atoms with Crippen molar-refractivity contribution in [2.24, 2.45) is 0 Å². The van der Waals surface area contributed by atoms with Crippen molar-refractivity contribution >= 4 is 0 Å². The van der Waals surface area contributed by atoms with E-state index in [1.165, 1.54) is 0 Å². The number of rotatable bonds is 0. The summed E-state index contributed by atoms with van der Waals surface area (Å²) >= 11 is 0. The molecule has 0 aliphatic rings. The molecule has 0 aromatic rings. The van der Waals surface area contributed by atoms with Gasteiger partial charge < -0.3 is 23.9 Å². The van der Waals surface area contributed by atoms with Crippen molar-refractivity contribution in [3.05, 3.63) is 7.43 Å². The molecule has 4 heteroatoms. The molecule has 0 aliphatic carbocycles. The van der Waals surface area contributed by atoms with E-state index in [1.807, 2.05) is 0 Å². The fourth-order valence-electron chi connectivity index (χ4n) is 0. The standard InChI is InChI=1S/CH3.Gd.3H2O/h1H3;;3*1H2/q-1;;;;. The van der Waals surface area contributed by atoms with Crippen molar-refractivity contribution in [3.8, 4) is 0 Å². The average Bonchev–Trinajstić information content (AvgIpc) is 0. The molecule has 0 rings (SSSR count). The molecule has 3 nitrogen and oxygen atoms in total. The van der Waals surface area contributed by atoms with Gasteiger partial charge in [0.15, 0.2) is 0 Å². The Morgan fingerprint density at radius 1 is 0.600 bits per heavy atom. The minimum atomic E-state index is 0. The van der Waals surface area contributed by atoms with Crippen LogP contribution in [0.25, 0.3) is 0 Å². The summed E-state index contributed by atoms with van der Waals surface area (Å²) in [4.78, 5) is 0. The van der Waals surface area contributed by atoms with E-state index in [0.29, 0.717) is 0 Å². The first-order valence-electron chi connectivity index (χ1n) is 0. The van der Waals surface area contributed by atoms with Gasteiger partial charge in [0.2, 0.25) is 0 Å². The zero-order valence-electron chi connectivity index (χ0n) is 2.85. The molecule has 5 heavy (non-hydrogen) atoms. The second kappa shape index (κ2) is 63.4. The molecule has 0 atom stereocenters. The van der Waals surface area contributed by atoms with Crippen molar-refractivity contribution in [2.45, 2.75) is 0 Å². The summed E-state index contributed by atoms with van der Waals surface area (Å²) in [7, 11) is 0. The van der Waals surface area contributed by atoms with Crippen LogP contribution >= 0.6 is 0 Å². The van der Waals surface area contributed by atoms with E-state index < -0.39 is 0 Å². The minimum Gasteiger partial charge on any atom is -0.412 e. The molecule has 0 radical (unpaired) electrons. The third-order valence-corrected chi connectivity index (χ3v) is 0. The van der Waals surface area contributed by atoms with Crippen LogP contribution in [0.5, 0.6) is 0 Å². The van der Waals surface area contributed by atoms with Crippen LogP contribution in [0.2, 0.25) is 0 Å². The summed E-state index contributed by atoms with van der Waals surface area (Å²) in [6, 6.07) is 0. The Hall–Kier alpha value is 1.20. The van der Waals surface area contributed by atoms with Gasteiger partial charge >= 0.3 is 0 Å². The minimum absolute atomic E-state index is 0. The number of hydrogen-bond acceptors (Lipinski definition) is 0. The van der Waals surface area contributed by atoms with Gasteiger partial charge in [-0.15, -0.1) is 0 Å². The van der Waals surface area contributed by atoms with E-state index in [-0.39, 0.29) is 63.8 Å². The SMILES string of the molecule is O.O.O.[CH3-].[Gd]. The predicted molar refractivity (Wildman–Crippen MR) is 17.3 cm³/mol. The molecule has 0 fully saturated rings. The maximum absolute atomic E-state index is 0. The van der Waals surface area contributed by atoms with Gasteiger partial charge in [-0.2, -0.15) is 0 Å². The first-order chi connectivity index (χ1) is 0. The fourth-order valence-corrected chi connectivity index (χ4v) is 0. The van der Waals surface area contributed by atoms with E-state index in [2.05, 4.69) is 0 Å². The van der Waals surface area contributed by atoms with E-state index in [0.717, 1.165) is 0 Å². The van der Waals surface area contributed by atoms with Crippen molar-refractivity contribution in [1.29, 1.82) is 0 Å². The Labute approximate surface area is 63.4 Å². The molecule has 40 valence electrons.